The number of oxime groups is 1. The molecule has 1 heterocycles. The molecule has 0 spiro atoms. The van der Waals surface area contributed by atoms with Gasteiger partial charge in [-0.1, -0.05) is 41.6 Å². The van der Waals surface area contributed by atoms with Crippen molar-refractivity contribution in [1.82, 2.24) is 4.98 Å². The number of benzene rings is 2. The first kappa shape index (κ1) is 17.9. The van der Waals surface area contributed by atoms with Gasteiger partial charge < -0.3 is 4.84 Å². The Morgan fingerprint density at radius 2 is 1.82 bits per heavy atom. The fourth-order valence-corrected chi connectivity index (χ4v) is 3.27. The molecule has 0 N–H and O–H groups in total. The number of non-ortho nitro benzene ring substituents is 1. The first-order valence-electron chi connectivity index (χ1n) is 9.12. The van der Waals surface area contributed by atoms with E-state index in [1.165, 1.54) is 17.7 Å². The first-order valence-corrected chi connectivity index (χ1v) is 9.12. The molecule has 0 aliphatic heterocycles. The van der Waals surface area contributed by atoms with Crippen molar-refractivity contribution in [3.05, 3.63) is 106 Å². The predicted octanol–water partition coefficient (Wildman–Crippen LogP) is 4.71. The molecule has 1 aromatic heterocycles. The number of nitro groups is 1. The summed E-state index contributed by atoms with van der Waals surface area (Å²) < 4.78 is 0. The minimum Gasteiger partial charge on any atom is -0.391 e. The van der Waals surface area contributed by atoms with Gasteiger partial charge in [0.05, 0.1) is 10.6 Å². The first-order chi connectivity index (χ1) is 13.7. The topological polar surface area (TPSA) is 77.6 Å². The number of nitrogens with zero attached hydrogens (tertiary/aromatic N) is 3. The van der Waals surface area contributed by atoms with Crippen LogP contribution < -0.4 is 0 Å². The molecule has 3 aromatic rings. The summed E-state index contributed by atoms with van der Waals surface area (Å²) in [4.78, 5) is 20.4. The van der Waals surface area contributed by atoms with E-state index in [2.05, 4.69) is 22.3 Å². The van der Waals surface area contributed by atoms with Crippen LogP contribution in [0.3, 0.4) is 0 Å². The maximum atomic E-state index is 10.7. The summed E-state index contributed by atoms with van der Waals surface area (Å²) in [5, 5.41) is 15.2. The van der Waals surface area contributed by atoms with Crippen molar-refractivity contribution < 1.29 is 9.76 Å². The molecule has 28 heavy (non-hydrogen) atoms. The molecule has 140 valence electrons. The Bertz CT molecular complexity index is 973. The highest BCUT2D eigenvalue weighted by molar-refractivity contribution is 6.02. The van der Waals surface area contributed by atoms with Crippen LogP contribution in [0.15, 0.2) is 84.1 Å². The molecule has 6 nitrogen and oxygen atoms in total. The van der Waals surface area contributed by atoms with Gasteiger partial charge in [-0.2, -0.15) is 0 Å². The molecule has 4 rings (SSSR count). The van der Waals surface area contributed by atoms with Gasteiger partial charge in [0.2, 0.25) is 0 Å². The van der Waals surface area contributed by atoms with E-state index in [-0.39, 0.29) is 18.2 Å². The van der Waals surface area contributed by atoms with Crippen LogP contribution in [-0.4, -0.2) is 15.6 Å². The fourth-order valence-electron chi connectivity index (χ4n) is 3.27. The molecule has 1 aliphatic carbocycles. The van der Waals surface area contributed by atoms with Crippen LogP contribution in [0.25, 0.3) is 0 Å². The average molecular weight is 373 g/mol. The number of rotatable bonds is 7. The lowest BCUT2D eigenvalue weighted by Gasteiger charge is -2.07. The van der Waals surface area contributed by atoms with E-state index in [1.54, 1.807) is 18.3 Å². The predicted molar refractivity (Wildman–Crippen MR) is 106 cm³/mol. The Morgan fingerprint density at radius 1 is 1.07 bits per heavy atom. The smallest absolute Gasteiger partial charge is 0.269 e. The summed E-state index contributed by atoms with van der Waals surface area (Å²) in [7, 11) is 0. The lowest BCUT2D eigenvalue weighted by molar-refractivity contribution is -0.384. The molecule has 1 aliphatic rings. The lowest BCUT2D eigenvalue weighted by Crippen LogP contribution is -2.08. The van der Waals surface area contributed by atoms with E-state index in [9.17, 15) is 10.1 Å². The number of nitro benzene ring substituents is 1. The van der Waals surface area contributed by atoms with E-state index >= 15 is 0 Å². The third-order valence-electron chi connectivity index (χ3n) is 4.84. The summed E-state index contributed by atoms with van der Waals surface area (Å²) >= 11 is 0. The molecule has 6 heteroatoms. The molecule has 0 saturated heterocycles. The maximum Gasteiger partial charge on any atom is 0.269 e. The van der Waals surface area contributed by atoms with Gasteiger partial charge in [-0.15, -0.1) is 0 Å². The summed E-state index contributed by atoms with van der Waals surface area (Å²) in [5.74, 6) is 0.694. The van der Waals surface area contributed by atoms with Crippen LogP contribution in [0.4, 0.5) is 5.69 Å². The summed E-state index contributed by atoms with van der Waals surface area (Å²) in [6.07, 6.45) is 2.77. The Balaban J connectivity index is 1.49. The van der Waals surface area contributed by atoms with Gasteiger partial charge in [0, 0.05) is 24.2 Å². The van der Waals surface area contributed by atoms with E-state index in [0.29, 0.717) is 5.92 Å². The van der Waals surface area contributed by atoms with Crippen LogP contribution in [0.5, 0.6) is 0 Å². The Kier molecular flexibility index (Phi) is 5.10. The summed E-state index contributed by atoms with van der Waals surface area (Å²) in [6, 6.07) is 22.4. The second kappa shape index (κ2) is 8.00. The summed E-state index contributed by atoms with van der Waals surface area (Å²) in [5.41, 5.74) is 3.84. The molecule has 2 atom stereocenters. The largest absolute Gasteiger partial charge is 0.391 e. The molecular formula is C22H19N3O3. The molecule has 2 unspecified atom stereocenters. The minimum absolute atomic E-state index is 0.0603. The number of aromatic nitrogens is 1. The van der Waals surface area contributed by atoms with Crippen LogP contribution in [-0.2, 0) is 11.4 Å². The van der Waals surface area contributed by atoms with Crippen LogP contribution in [0, 0.1) is 16.0 Å². The quantitative estimate of drug-likeness (QED) is 0.341. The van der Waals surface area contributed by atoms with Gasteiger partial charge in [-0.3, -0.25) is 15.1 Å². The zero-order chi connectivity index (χ0) is 19.3. The Labute approximate surface area is 162 Å². The van der Waals surface area contributed by atoms with Gasteiger partial charge in [0.1, 0.15) is 12.3 Å². The zero-order valence-corrected chi connectivity index (χ0v) is 15.1. The number of hydrogen-bond donors (Lipinski definition) is 0. The number of pyridine rings is 1. The summed E-state index contributed by atoms with van der Waals surface area (Å²) in [6.45, 7) is 0.247. The standard InChI is InChI=1S/C22H19N3O3/c26-25(27)18-11-9-16(10-12-18)15-28-24-22(21-8-4-5-13-23-21)20-14-19(20)17-6-2-1-3-7-17/h1-13,19-20H,14-15H2/b24-22-. The lowest BCUT2D eigenvalue weighted by atomic mass is 10.1. The van der Waals surface area contributed by atoms with Gasteiger partial charge in [0.15, 0.2) is 0 Å². The molecule has 1 fully saturated rings. The van der Waals surface area contributed by atoms with Crippen molar-refractivity contribution in [2.24, 2.45) is 11.1 Å². The third-order valence-corrected chi connectivity index (χ3v) is 4.84. The van der Waals surface area contributed by atoms with E-state index in [4.69, 9.17) is 4.84 Å². The average Bonchev–Trinajstić information content (AvgIpc) is 3.53. The fraction of sp³-hybridized carbons (Fsp3) is 0.182. The highest BCUT2D eigenvalue weighted by Crippen LogP contribution is 2.49. The molecular weight excluding hydrogens is 354 g/mol. The number of hydrogen-bond acceptors (Lipinski definition) is 5. The van der Waals surface area contributed by atoms with Crippen molar-refractivity contribution in [3.63, 3.8) is 0 Å². The van der Waals surface area contributed by atoms with Gasteiger partial charge in [-0.25, -0.2) is 0 Å². The van der Waals surface area contributed by atoms with Crippen molar-refractivity contribution in [3.8, 4) is 0 Å². The van der Waals surface area contributed by atoms with Crippen LogP contribution >= 0.6 is 0 Å². The second-order valence-corrected chi connectivity index (χ2v) is 6.75. The van der Waals surface area contributed by atoms with Crippen LogP contribution in [0.2, 0.25) is 0 Å². The monoisotopic (exact) mass is 373 g/mol. The van der Waals surface area contributed by atoms with Crippen molar-refractivity contribution in [1.29, 1.82) is 0 Å². The third kappa shape index (κ3) is 4.06. The Hall–Kier alpha value is -3.54. The zero-order valence-electron chi connectivity index (χ0n) is 15.1. The van der Waals surface area contributed by atoms with Crippen LogP contribution in [0.1, 0.15) is 29.2 Å². The van der Waals surface area contributed by atoms with E-state index < -0.39 is 4.92 Å². The van der Waals surface area contributed by atoms with Crippen molar-refractivity contribution in [2.45, 2.75) is 18.9 Å². The van der Waals surface area contributed by atoms with Gasteiger partial charge in [0.25, 0.3) is 5.69 Å². The van der Waals surface area contributed by atoms with Crippen molar-refractivity contribution in [2.75, 3.05) is 0 Å². The van der Waals surface area contributed by atoms with Gasteiger partial charge in [-0.05, 0) is 47.7 Å². The minimum atomic E-state index is -0.418. The van der Waals surface area contributed by atoms with Gasteiger partial charge >= 0.3 is 0 Å². The van der Waals surface area contributed by atoms with Crippen molar-refractivity contribution >= 4 is 11.4 Å². The molecule has 0 radical (unpaired) electrons. The molecule has 0 amide bonds. The second-order valence-electron chi connectivity index (χ2n) is 6.75. The van der Waals surface area contributed by atoms with E-state index in [0.717, 1.165) is 23.4 Å². The van der Waals surface area contributed by atoms with E-state index in [1.807, 2.05) is 36.4 Å². The maximum absolute atomic E-state index is 10.7. The normalized spacial score (nSPS) is 18.5. The SMILES string of the molecule is O=[N+]([O-])c1ccc(CO/N=C(\c2ccccn2)C2CC2c2ccccc2)cc1. The molecule has 2 aromatic carbocycles. The highest BCUT2D eigenvalue weighted by atomic mass is 16.6. The Morgan fingerprint density at radius 3 is 2.50 bits per heavy atom. The highest BCUT2D eigenvalue weighted by Gasteiger charge is 2.43. The molecule has 0 bridgehead atoms. The molecule has 1 saturated carbocycles.